The van der Waals surface area contributed by atoms with Gasteiger partial charge >= 0.3 is 0 Å². The van der Waals surface area contributed by atoms with Crippen LogP contribution < -0.4 is 5.32 Å². The number of morpholine rings is 1. The number of hydrogen-bond donors (Lipinski definition) is 1. The van der Waals surface area contributed by atoms with Gasteiger partial charge in [0.05, 0.1) is 6.04 Å². The second-order valence-corrected chi connectivity index (χ2v) is 7.67. The van der Waals surface area contributed by atoms with Gasteiger partial charge in [-0.2, -0.15) is 0 Å². The van der Waals surface area contributed by atoms with Gasteiger partial charge < -0.3 is 15.0 Å². The lowest BCUT2D eigenvalue weighted by atomic mass is 9.98. The summed E-state index contributed by atoms with van der Waals surface area (Å²) in [5, 5.41) is 2.91. The van der Waals surface area contributed by atoms with Crippen LogP contribution in [0.4, 0.5) is 0 Å². The molecule has 2 saturated heterocycles. The number of amides is 2. The molecule has 3 rings (SSSR count). The van der Waals surface area contributed by atoms with Crippen molar-refractivity contribution in [3.63, 3.8) is 0 Å². The Bertz CT molecular complexity index is 619. The number of ether oxygens (including phenoxy) is 1. The minimum absolute atomic E-state index is 0.0394. The van der Waals surface area contributed by atoms with Crippen molar-refractivity contribution in [3.05, 3.63) is 35.9 Å². The third-order valence-electron chi connectivity index (χ3n) is 4.96. The van der Waals surface area contributed by atoms with Gasteiger partial charge in [0.15, 0.2) is 6.10 Å². The van der Waals surface area contributed by atoms with Crippen molar-refractivity contribution in [2.45, 2.75) is 38.5 Å². The molecule has 2 aliphatic heterocycles. The zero-order valence-corrected chi connectivity index (χ0v) is 15.2. The van der Waals surface area contributed by atoms with Crippen LogP contribution in [-0.4, -0.2) is 66.0 Å². The minimum Gasteiger partial charge on any atom is -0.356 e. The van der Waals surface area contributed by atoms with Gasteiger partial charge in [-0.3, -0.25) is 14.5 Å². The molecule has 6 nitrogen and oxygen atoms in total. The highest BCUT2D eigenvalue weighted by molar-refractivity contribution is 5.86. The van der Waals surface area contributed by atoms with Crippen LogP contribution in [0.25, 0.3) is 0 Å². The topological polar surface area (TPSA) is 61.9 Å². The first-order valence-electron chi connectivity index (χ1n) is 8.86. The fraction of sp³-hybridized carbons (Fsp3) is 0.579. The van der Waals surface area contributed by atoms with Crippen LogP contribution in [0, 0.1) is 0 Å². The molecule has 0 bridgehead atoms. The summed E-state index contributed by atoms with van der Waals surface area (Å²) in [6.07, 6.45) is -0.665. The average molecular weight is 345 g/mol. The predicted molar refractivity (Wildman–Crippen MR) is 95.0 cm³/mol. The van der Waals surface area contributed by atoms with Crippen LogP contribution in [0.5, 0.6) is 0 Å². The Morgan fingerprint density at radius 2 is 1.76 bits per heavy atom. The van der Waals surface area contributed by atoms with Gasteiger partial charge in [0.2, 0.25) is 5.91 Å². The van der Waals surface area contributed by atoms with Gasteiger partial charge in [0.25, 0.3) is 5.91 Å². The third-order valence-corrected chi connectivity index (χ3v) is 4.96. The smallest absolute Gasteiger partial charge is 0.254 e. The molecule has 2 atom stereocenters. The molecule has 0 spiro atoms. The number of piperazine rings is 1. The number of rotatable bonds is 2. The highest BCUT2D eigenvalue weighted by Crippen LogP contribution is 2.25. The summed E-state index contributed by atoms with van der Waals surface area (Å²) in [6, 6.07) is 9.11. The fourth-order valence-electron chi connectivity index (χ4n) is 3.46. The average Bonchev–Trinajstić information content (AvgIpc) is 2.61. The molecule has 6 heteroatoms. The second kappa shape index (κ2) is 7.14. The van der Waals surface area contributed by atoms with Crippen molar-refractivity contribution in [3.8, 4) is 0 Å². The first-order valence-corrected chi connectivity index (χ1v) is 8.86. The number of nitrogens with one attached hydrogen (secondary N) is 1. The van der Waals surface area contributed by atoms with Gasteiger partial charge in [-0.05, 0) is 26.3 Å². The van der Waals surface area contributed by atoms with E-state index in [0.717, 1.165) is 18.7 Å². The van der Waals surface area contributed by atoms with Crippen molar-refractivity contribution >= 4 is 11.8 Å². The summed E-state index contributed by atoms with van der Waals surface area (Å²) in [5.41, 5.74) is 0.999. The molecule has 0 aromatic heterocycles. The number of benzene rings is 1. The summed E-state index contributed by atoms with van der Waals surface area (Å²) < 4.78 is 5.65. The van der Waals surface area contributed by atoms with E-state index in [2.05, 4.69) is 31.0 Å². The molecule has 1 N–H and O–H groups in total. The van der Waals surface area contributed by atoms with Gasteiger partial charge in [-0.25, -0.2) is 0 Å². The Balaban J connectivity index is 1.71. The van der Waals surface area contributed by atoms with Crippen molar-refractivity contribution in [1.29, 1.82) is 0 Å². The summed E-state index contributed by atoms with van der Waals surface area (Å²) >= 11 is 0. The van der Waals surface area contributed by atoms with E-state index < -0.39 is 12.1 Å². The van der Waals surface area contributed by atoms with E-state index >= 15 is 0 Å². The molecule has 2 amide bonds. The van der Waals surface area contributed by atoms with E-state index in [1.807, 2.05) is 35.2 Å². The minimum atomic E-state index is -0.665. The van der Waals surface area contributed by atoms with E-state index in [0.29, 0.717) is 13.1 Å². The quantitative estimate of drug-likeness (QED) is 0.875. The molecule has 2 fully saturated rings. The summed E-state index contributed by atoms with van der Waals surface area (Å²) in [5.74, 6) is -0.224. The van der Waals surface area contributed by atoms with E-state index in [-0.39, 0.29) is 24.0 Å². The molecule has 25 heavy (non-hydrogen) atoms. The van der Waals surface area contributed by atoms with E-state index in [4.69, 9.17) is 4.74 Å². The van der Waals surface area contributed by atoms with Gasteiger partial charge in [-0.1, -0.05) is 30.3 Å². The van der Waals surface area contributed by atoms with Gasteiger partial charge in [-0.15, -0.1) is 0 Å². The first-order chi connectivity index (χ1) is 11.9. The molecular weight excluding hydrogens is 318 g/mol. The molecule has 0 saturated carbocycles. The Morgan fingerprint density at radius 3 is 2.36 bits per heavy atom. The fourth-order valence-corrected chi connectivity index (χ4v) is 3.46. The van der Waals surface area contributed by atoms with Crippen LogP contribution >= 0.6 is 0 Å². The van der Waals surface area contributed by atoms with Gasteiger partial charge in [0, 0.05) is 31.7 Å². The number of nitrogens with zero attached hydrogens (tertiary/aromatic N) is 2. The first kappa shape index (κ1) is 17.9. The summed E-state index contributed by atoms with van der Waals surface area (Å²) in [4.78, 5) is 29.1. The molecule has 2 aliphatic rings. The van der Waals surface area contributed by atoms with E-state index in [1.54, 1.807) is 0 Å². The highest BCUT2D eigenvalue weighted by Gasteiger charge is 2.39. The maximum absolute atomic E-state index is 13.0. The van der Waals surface area contributed by atoms with Crippen molar-refractivity contribution < 1.29 is 14.3 Å². The van der Waals surface area contributed by atoms with E-state index in [1.165, 1.54) is 0 Å². The Labute approximate surface area is 149 Å². The van der Waals surface area contributed by atoms with Crippen molar-refractivity contribution in [1.82, 2.24) is 15.1 Å². The lowest BCUT2D eigenvalue weighted by Crippen LogP contribution is -2.59. The van der Waals surface area contributed by atoms with E-state index in [9.17, 15) is 9.59 Å². The largest absolute Gasteiger partial charge is 0.356 e. The molecule has 1 aromatic carbocycles. The normalized spacial score (nSPS) is 25.6. The number of hydrogen-bond acceptors (Lipinski definition) is 4. The molecule has 0 unspecified atom stereocenters. The highest BCUT2D eigenvalue weighted by atomic mass is 16.5. The maximum Gasteiger partial charge on any atom is 0.254 e. The molecule has 0 aliphatic carbocycles. The standard InChI is InChI=1S/C19H27N3O3/c1-19(2,3)22-11-9-21(10-12-22)18(24)17-16(20-15(23)13-25-17)14-7-5-4-6-8-14/h4-8,16-17H,9-13H2,1-3H3,(H,20,23)/t16-,17+/m1/s1. The van der Waals surface area contributed by atoms with Crippen LogP contribution in [0.3, 0.4) is 0 Å². The predicted octanol–water partition coefficient (Wildman–Crippen LogP) is 1.19. The molecule has 0 radical (unpaired) electrons. The summed E-state index contributed by atoms with van der Waals surface area (Å²) in [7, 11) is 0. The van der Waals surface area contributed by atoms with Crippen molar-refractivity contribution in [2.75, 3.05) is 32.8 Å². The second-order valence-electron chi connectivity index (χ2n) is 7.67. The molecule has 136 valence electrons. The zero-order chi connectivity index (χ0) is 18.0. The van der Waals surface area contributed by atoms with Crippen LogP contribution in [-0.2, 0) is 14.3 Å². The van der Waals surface area contributed by atoms with Crippen molar-refractivity contribution in [2.24, 2.45) is 0 Å². The van der Waals surface area contributed by atoms with Crippen LogP contribution in [0.2, 0.25) is 0 Å². The van der Waals surface area contributed by atoms with Gasteiger partial charge in [0.1, 0.15) is 6.61 Å². The third kappa shape index (κ3) is 4.02. The number of carbonyl (C=O) groups excluding carboxylic acids is 2. The Hall–Kier alpha value is -1.92. The maximum atomic E-state index is 13.0. The molecule has 1 aromatic rings. The molecule has 2 heterocycles. The Kier molecular flexibility index (Phi) is 5.11. The monoisotopic (exact) mass is 345 g/mol. The lowest BCUT2D eigenvalue weighted by Gasteiger charge is -2.43. The van der Waals surface area contributed by atoms with Crippen LogP contribution in [0.1, 0.15) is 32.4 Å². The zero-order valence-electron chi connectivity index (χ0n) is 15.2. The number of carbonyl (C=O) groups is 2. The van der Waals surface area contributed by atoms with Crippen LogP contribution in [0.15, 0.2) is 30.3 Å². The SMILES string of the molecule is CC(C)(C)N1CCN(C(=O)[C@H]2OCC(=O)N[C@@H]2c2ccccc2)CC1. The lowest BCUT2D eigenvalue weighted by molar-refractivity contribution is -0.157. The summed E-state index contributed by atoms with van der Waals surface area (Å²) in [6.45, 7) is 9.58. The molecular formula is C19H27N3O3. The Morgan fingerprint density at radius 1 is 1.12 bits per heavy atom.